The summed E-state index contributed by atoms with van der Waals surface area (Å²) in [4.78, 5) is 5.19. The first-order chi connectivity index (χ1) is 9.80. The summed E-state index contributed by atoms with van der Waals surface area (Å²) in [5.41, 5.74) is 8.22. The monoisotopic (exact) mass is 275 g/mol. The van der Waals surface area contributed by atoms with Crippen molar-refractivity contribution in [1.29, 1.82) is 0 Å². The van der Waals surface area contributed by atoms with Crippen LogP contribution in [0.2, 0.25) is 0 Å². The molecule has 2 N–H and O–H groups in total. The zero-order valence-electron chi connectivity index (χ0n) is 12.3. The van der Waals surface area contributed by atoms with E-state index in [0.29, 0.717) is 6.54 Å². The van der Waals surface area contributed by atoms with Gasteiger partial charge in [-0.05, 0) is 30.5 Å². The van der Waals surface area contributed by atoms with Crippen LogP contribution in [-0.4, -0.2) is 49.1 Å². The van der Waals surface area contributed by atoms with E-state index in [2.05, 4.69) is 21.9 Å². The van der Waals surface area contributed by atoms with Gasteiger partial charge in [-0.25, -0.2) is 0 Å². The van der Waals surface area contributed by atoms with Gasteiger partial charge in [-0.15, -0.1) is 0 Å². The highest BCUT2D eigenvalue weighted by molar-refractivity contribution is 5.37. The van der Waals surface area contributed by atoms with Crippen molar-refractivity contribution in [3.8, 4) is 5.75 Å². The third-order valence-corrected chi connectivity index (χ3v) is 4.44. The van der Waals surface area contributed by atoms with E-state index >= 15 is 0 Å². The minimum absolute atomic E-state index is 0.534. The van der Waals surface area contributed by atoms with Crippen LogP contribution in [0.5, 0.6) is 5.75 Å². The molecule has 110 valence electrons. The normalized spacial score (nSPS) is 21.1. The summed E-state index contributed by atoms with van der Waals surface area (Å²) in [5.74, 6) is 0.898. The molecule has 1 saturated carbocycles. The van der Waals surface area contributed by atoms with Crippen molar-refractivity contribution in [2.45, 2.75) is 32.0 Å². The molecular formula is C16H25N3O. The second-order valence-electron chi connectivity index (χ2n) is 5.89. The van der Waals surface area contributed by atoms with E-state index in [9.17, 15) is 0 Å². The maximum Gasteiger partial charge on any atom is 0.123 e. The molecule has 0 atom stereocenters. The minimum Gasteiger partial charge on any atom is -0.496 e. The van der Waals surface area contributed by atoms with Crippen LogP contribution in [0.1, 0.15) is 24.0 Å². The van der Waals surface area contributed by atoms with Gasteiger partial charge in [-0.1, -0.05) is 6.07 Å². The average Bonchev–Trinajstić information content (AvgIpc) is 3.32. The Morgan fingerprint density at radius 2 is 1.95 bits per heavy atom. The van der Waals surface area contributed by atoms with Gasteiger partial charge < -0.3 is 10.5 Å². The first-order valence-corrected chi connectivity index (χ1v) is 7.62. The van der Waals surface area contributed by atoms with Crippen molar-refractivity contribution in [2.24, 2.45) is 5.73 Å². The Balaban J connectivity index is 1.57. The molecule has 0 unspecified atom stereocenters. The summed E-state index contributed by atoms with van der Waals surface area (Å²) < 4.78 is 5.33. The molecule has 0 bridgehead atoms. The van der Waals surface area contributed by atoms with E-state index in [-0.39, 0.29) is 0 Å². The van der Waals surface area contributed by atoms with E-state index in [4.69, 9.17) is 10.5 Å². The number of hydrogen-bond donors (Lipinski definition) is 1. The van der Waals surface area contributed by atoms with Crippen LogP contribution < -0.4 is 10.5 Å². The van der Waals surface area contributed by atoms with Gasteiger partial charge in [-0.2, -0.15) is 0 Å². The number of nitrogens with zero attached hydrogens (tertiary/aromatic N) is 2. The fourth-order valence-electron chi connectivity index (χ4n) is 3.07. The molecule has 20 heavy (non-hydrogen) atoms. The topological polar surface area (TPSA) is 41.7 Å². The van der Waals surface area contributed by atoms with Crippen LogP contribution >= 0.6 is 0 Å². The highest BCUT2D eigenvalue weighted by Gasteiger charge is 2.31. The molecule has 1 aliphatic carbocycles. The highest BCUT2D eigenvalue weighted by Crippen LogP contribution is 2.28. The zero-order chi connectivity index (χ0) is 13.9. The zero-order valence-corrected chi connectivity index (χ0v) is 12.3. The number of methoxy groups -OCH3 is 1. The number of rotatable bonds is 5. The fraction of sp³-hybridized carbons (Fsp3) is 0.625. The van der Waals surface area contributed by atoms with Gasteiger partial charge in [-0.3, -0.25) is 9.80 Å². The van der Waals surface area contributed by atoms with Crippen LogP contribution in [0.3, 0.4) is 0 Å². The van der Waals surface area contributed by atoms with Crippen molar-refractivity contribution >= 4 is 0 Å². The molecule has 2 aliphatic rings. The molecule has 0 radical (unpaired) electrons. The van der Waals surface area contributed by atoms with Gasteiger partial charge in [0.1, 0.15) is 5.75 Å². The van der Waals surface area contributed by atoms with E-state index in [1.165, 1.54) is 44.6 Å². The smallest absolute Gasteiger partial charge is 0.123 e. The Morgan fingerprint density at radius 3 is 2.55 bits per heavy atom. The highest BCUT2D eigenvalue weighted by atomic mass is 16.5. The van der Waals surface area contributed by atoms with Crippen molar-refractivity contribution in [2.75, 3.05) is 33.3 Å². The SMILES string of the molecule is COc1ccc(CN2CCN(C3CC3)CC2)cc1CN. The summed E-state index contributed by atoms with van der Waals surface area (Å²) in [5, 5.41) is 0. The van der Waals surface area contributed by atoms with Crippen molar-refractivity contribution in [1.82, 2.24) is 9.80 Å². The molecule has 0 amide bonds. The van der Waals surface area contributed by atoms with Crippen LogP contribution in [-0.2, 0) is 13.1 Å². The van der Waals surface area contributed by atoms with E-state index in [1.807, 2.05) is 6.07 Å². The standard InChI is InChI=1S/C16H25N3O/c1-20-16-5-2-13(10-14(16)11-17)12-18-6-8-19(9-7-18)15-3-4-15/h2,5,10,15H,3-4,6-9,11-12,17H2,1H3. The summed E-state index contributed by atoms with van der Waals surface area (Å²) in [6, 6.07) is 7.29. The van der Waals surface area contributed by atoms with Gasteiger partial charge in [0.25, 0.3) is 0 Å². The largest absolute Gasteiger partial charge is 0.496 e. The molecule has 1 aromatic carbocycles. The summed E-state index contributed by atoms with van der Waals surface area (Å²) >= 11 is 0. The molecule has 1 aliphatic heterocycles. The van der Waals surface area contributed by atoms with Crippen LogP contribution in [0, 0.1) is 0 Å². The fourth-order valence-corrected chi connectivity index (χ4v) is 3.07. The van der Waals surface area contributed by atoms with Crippen LogP contribution in [0.4, 0.5) is 0 Å². The first kappa shape index (κ1) is 13.9. The van der Waals surface area contributed by atoms with Crippen LogP contribution in [0.25, 0.3) is 0 Å². The van der Waals surface area contributed by atoms with E-state index < -0.39 is 0 Å². The molecular weight excluding hydrogens is 250 g/mol. The second-order valence-corrected chi connectivity index (χ2v) is 5.89. The lowest BCUT2D eigenvalue weighted by molar-refractivity contribution is 0.121. The number of nitrogens with two attached hydrogens (primary N) is 1. The van der Waals surface area contributed by atoms with E-state index in [0.717, 1.165) is 23.9 Å². The Labute approximate surface area is 121 Å². The molecule has 1 aromatic rings. The quantitative estimate of drug-likeness (QED) is 0.883. The molecule has 0 aromatic heterocycles. The molecule has 4 heteroatoms. The molecule has 2 fully saturated rings. The molecule has 1 heterocycles. The predicted octanol–water partition coefficient (Wildman–Crippen LogP) is 1.43. The van der Waals surface area contributed by atoms with Crippen molar-refractivity contribution in [3.05, 3.63) is 29.3 Å². The van der Waals surface area contributed by atoms with Gasteiger partial charge in [0, 0.05) is 50.9 Å². The third kappa shape index (κ3) is 3.14. The van der Waals surface area contributed by atoms with Crippen LogP contribution in [0.15, 0.2) is 18.2 Å². The lowest BCUT2D eigenvalue weighted by Crippen LogP contribution is -2.46. The van der Waals surface area contributed by atoms with Gasteiger partial charge in [0.15, 0.2) is 0 Å². The number of hydrogen-bond acceptors (Lipinski definition) is 4. The van der Waals surface area contributed by atoms with Gasteiger partial charge in [0.2, 0.25) is 0 Å². The number of ether oxygens (including phenoxy) is 1. The molecule has 0 spiro atoms. The Morgan fingerprint density at radius 1 is 1.20 bits per heavy atom. The summed E-state index contributed by atoms with van der Waals surface area (Å²) in [6.45, 7) is 6.37. The lowest BCUT2D eigenvalue weighted by Gasteiger charge is -2.34. The first-order valence-electron chi connectivity index (χ1n) is 7.62. The Hall–Kier alpha value is -1.10. The Bertz CT molecular complexity index is 451. The number of piperazine rings is 1. The molecule has 1 saturated heterocycles. The van der Waals surface area contributed by atoms with Gasteiger partial charge in [0.05, 0.1) is 7.11 Å². The molecule has 3 rings (SSSR count). The van der Waals surface area contributed by atoms with Crippen molar-refractivity contribution < 1.29 is 4.74 Å². The second kappa shape index (κ2) is 6.12. The maximum absolute atomic E-state index is 5.79. The average molecular weight is 275 g/mol. The predicted molar refractivity (Wildman–Crippen MR) is 80.8 cm³/mol. The lowest BCUT2D eigenvalue weighted by atomic mass is 10.1. The van der Waals surface area contributed by atoms with E-state index in [1.54, 1.807) is 7.11 Å². The van der Waals surface area contributed by atoms with Gasteiger partial charge >= 0.3 is 0 Å². The minimum atomic E-state index is 0.534. The summed E-state index contributed by atoms with van der Waals surface area (Å²) in [7, 11) is 1.70. The number of benzene rings is 1. The summed E-state index contributed by atoms with van der Waals surface area (Å²) in [6.07, 6.45) is 2.83. The third-order valence-electron chi connectivity index (χ3n) is 4.44. The maximum atomic E-state index is 5.79. The van der Waals surface area contributed by atoms with Crippen molar-refractivity contribution in [3.63, 3.8) is 0 Å². The Kier molecular flexibility index (Phi) is 4.24. The molecule has 4 nitrogen and oxygen atoms in total.